The number of thiophene rings is 1. The van der Waals surface area contributed by atoms with Crippen LogP contribution in [0.2, 0.25) is 0 Å². The van der Waals surface area contributed by atoms with E-state index in [4.69, 9.17) is 0 Å². The van der Waals surface area contributed by atoms with Crippen molar-refractivity contribution in [1.29, 1.82) is 0 Å². The highest BCUT2D eigenvalue weighted by atomic mass is 32.1. The Kier molecular flexibility index (Phi) is 5.22. The molecule has 1 saturated heterocycles. The van der Waals surface area contributed by atoms with Crippen molar-refractivity contribution in [3.05, 3.63) is 58.7 Å². The third kappa shape index (κ3) is 3.92. The second-order valence-electron chi connectivity index (χ2n) is 6.76. The summed E-state index contributed by atoms with van der Waals surface area (Å²) in [6, 6.07) is 7.91. The lowest BCUT2D eigenvalue weighted by Crippen LogP contribution is -2.38. The minimum atomic E-state index is -0.0357. The number of piperidine rings is 1. The van der Waals surface area contributed by atoms with Crippen LogP contribution in [0.25, 0.3) is 10.9 Å². The number of likely N-dealkylation sites (tertiary alicyclic amines) is 1. The van der Waals surface area contributed by atoms with Gasteiger partial charge in [0.15, 0.2) is 0 Å². The Labute approximate surface area is 157 Å². The number of hydrogen-bond acceptors (Lipinski definition) is 5. The predicted octanol–water partition coefficient (Wildman–Crippen LogP) is 3.33. The zero-order chi connectivity index (χ0) is 17.8. The van der Waals surface area contributed by atoms with E-state index in [9.17, 15) is 4.79 Å². The van der Waals surface area contributed by atoms with Gasteiger partial charge < -0.3 is 5.32 Å². The number of carbonyl (C=O) groups excluding carboxylic acids is 1. The van der Waals surface area contributed by atoms with Crippen molar-refractivity contribution in [2.24, 2.45) is 5.92 Å². The van der Waals surface area contributed by atoms with Crippen LogP contribution in [0, 0.1) is 5.92 Å². The monoisotopic (exact) mass is 366 g/mol. The van der Waals surface area contributed by atoms with E-state index in [-0.39, 0.29) is 5.91 Å². The van der Waals surface area contributed by atoms with Gasteiger partial charge in [-0.05, 0) is 55.4 Å². The third-order valence-corrected chi connectivity index (χ3v) is 5.87. The zero-order valence-corrected chi connectivity index (χ0v) is 15.4. The smallest absolute Gasteiger partial charge is 0.252 e. The van der Waals surface area contributed by atoms with E-state index in [1.165, 1.54) is 4.88 Å². The number of hydrogen-bond donors (Lipinski definition) is 1. The Hall–Kier alpha value is -2.31. The second kappa shape index (κ2) is 7.93. The number of rotatable bonds is 5. The van der Waals surface area contributed by atoms with Crippen LogP contribution in [0.3, 0.4) is 0 Å². The molecule has 26 heavy (non-hydrogen) atoms. The van der Waals surface area contributed by atoms with Gasteiger partial charge in [-0.2, -0.15) is 0 Å². The molecule has 0 saturated carbocycles. The SMILES string of the molecule is O=C(NCC1CCN(Cc2cccs2)CC1)c1ccnc2ccncc12. The van der Waals surface area contributed by atoms with Crippen LogP contribution in [0.1, 0.15) is 28.1 Å². The Morgan fingerprint density at radius 2 is 2.12 bits per heavy atom. The maximum atomic E-state index is 12.6. The van der Waals surface area contributed by atoms with Crippen molar-refractivity contribution in [3.63, 3.8) is 0 Å². The fourth-order valence-corrected chi connectivity index (χ4v) is 4.24. The molecule has 0 atom stereocenters. The summed E-state index contributed by atoms with van der Waals surface area (Å²) in [5.74, 6) is 0.510. The molecule has 1 fully saturated rings. The normalized spacial score (nSPS) is 16.0. The number of fused-ring (bicyclic) bond motifs is 1. The topological polar surface area (TPSA) is 58.1 Å². The Balaban J connectivity index is 1.30. The van der Waals surface area contributed by atoms with Gasteiger partial charge in [0.25, 0.3) is 5.91 Å². The standard InChI is InChI=1S/C20H22N4OS/c25-20(17-3-8-22-19-4-7-21-13-18(17)19)23-12-15-5-9-24(10-6-15)14-16-2-1-11-26-16/h1-4,7-8,11,13,15H,5-6,9-10,12,14H2,(H,23,25). The molecule has 0 radical (unpaired) electrons. The Morgan fingerprint density at radius 1 is 1.23 bits per heavy atom. The molecule has 1 aliphatic heterocycles. The van der Waals surface area contributed by atoms with Gasteiger partial charge in [0.1, 0.15) is 0 Å². The highest BCUT2D eigenvalue weighted by molar-refractivity contribution is 7.09. The number of amides is 1. The van der Waals surface area contributed by atoms with Crippen molar-refractivity contribution < 1.29 is 4.79 Å². The Bertz CT molecular complexity index is 867. The molecule has 6 heteroatoms. The summed E-state index contributed by atoms with van der Waals surface area (Å²) in [6.07, 6.45) is 7.34. The van der Waals surface area contributed by atoms with E-state index in [1.54, 1.807) is 24.7 Å². The lowest BCUT2D eigenvalue weighted by atomic mass is 9.96. The Morgan fingerprint density at radius 3 is 2.92 bits per heavy atom. The molecule has 3 aromatic rings. The van der Waals surface area contributed by atoms with Gasteiger partial charge in [-0.15, -0.1) is 11.3 Å². The van der Waals surface area contributed by atoms with Crippen LogP contribution >= 0.6 is 11.3 Å². The maximum Gasteiger partial charge on any atom is 0.252 e. The summed E-state index contributed by atoms with van der Waals surface area (Å²) in [6.45, 7) is 3.98. The summed E-state index contributed by atoms with van der Waals surface area (Å²) in [5, 5.41) is 6.05. The summed E-state index contributed by atoms with van der Waals surface area (Å²) in [5.41, 5.74) is 1.45. The first kappa shape index (κ1) is 17.1. The average molecular weight is 366 g/mol. The van der Waals surface area contributed by atoms with E-state index in [2.05, 4.69) is 37.7 Å². The predicted molar refractivity (Wildman–Crippen MR) is 104 cm³/mol. The number of carbonyl (C=O) groups is 1. The molecule has 1 aliphatic rings. The fourth-order valence-electron chi connectivity index (χ4n) is 3.49. The molecule has 3 aromatic heterocycles. The van der Waals surface area contributed by atoms with Crippen LogP contribution in [-0.2, 0) is 6.54 Å². The molecule has 4 rings (SSSR count). The molecule has 0 aliphatic carbocycles. The lowest BCUT2D eigenvalue weighted by molar-refractivity contribution is 0.0937. The number of nitrogens with one attached hydrogen (secondary N) is 1. The van der Waals surface area contributed by atoms with Gasteiger partial charge in [-0.25, -0.2) is 0 Å². The highest BCUT2D eigenvalue weighted by Gasteiger charge is 2.20. The fraction of sp³-hybridized carbons (Fsp3) is 0.350. The van der Waals surface area contributed by atoms with Crippen molar-refractivity contribution in [3.8, 4) is 0 Å². The molecule has 0 spiro atoms. The van der Waals surface area contributed by atoms with Crippen molar-refractivity contribution in [1.82, 2.24) is 20.2 Å². The number of aromatic nitrogens is 2. The first-order valence-electron chi connectivity index (χ1n) is 9.01. The zero-order valence-electron chi connectivity index (χ0n) is 14.6. The third-order valence-electron chi connectivity index (χ3n) is 5.01. The van der Waals surface area contributed by atoms with Crippen molar-refractivity contribution in [2.45, 2.75) is 19.4 Å². The average Bonchev–Trinajstić information content (AvgIpc) is 3.20. The second-order valence-corrected chi connectivity index (χ2v) is 7.79. The van der Waals surface area contributed by atoms with Gasteiger partial charge >= 0.3 is 0 Å². The molecule has 0 unspecified atom stereocenters. The van der Waals surface area contributed by atoms with Crippen molar-refractivity contribution in [2.75, 3.05) is 19.6 Å². The molecule has 134 valence electrons. The van der Waals surface area contributed by atoms with E-state index < -0.39 is 0 Å². The molecule has 1 N–H and O–H groups in total. The summed E-state index contributed by atoms with van der Waals surface area (Å²) >= 11 is 1.82. The van der Waals surface area contributed by atoms with Gasteiger partial charge in [0, 0.05) is 41.9 Å². The van der Waals surface area contributed by atoms with E-state index in [1.807, 2.05) is 17.4 Å². The first-order valence-corrected chi connectivity index (χ1v) is 9.89. The summed E-state index contributed by atoms with van der Waals surface area (Å²) < 4.78 is 0. The quantitative estimate of drug-likeness (QED) is 0.752. The van der Waals surface area contributed by atoms with Crippen LogP contribution in [0.15, 0.2) is 48.2 Å². The van der Waals surface area contributed by atoms with Gasteiger partial charge in [0.05, 0.1) is 11.1 Å². The van der Waals surface area contributed by atoms with Gasteiger partial charge in [-0.1, -0.05) is 6.07 Å². The van der Waals surface area contributed by atoms with Crippen LogP contribution in [0.5, 0.6) is 0 Å². The molecular formula is C20H22N4OS. The molecule has 0 bridgehead atoms. The minimum Gasteiger partial charge on any atom is -0.352 e. The number of nitrogens with zero attached hydrogens (tertiary/aromatic N) is 3. The molecule has 5 nitrogen and oxygen atoms in total. The largest absolute Gasteiger partial charge is 0.352 e. The minimum absolute atomic E-state index is 0.0357. The van der Waals surface area contributed by atoms with Crippen molar-refractivity contribution >= 4 is 28.1 Å². The van der Waals surface area contributed by atoms with Crippen LogP contribution in [-0.4, -0.2) is 40.4 Å². The van der Waals surface area contributed by atoms with Gasteiger partial charge in [0.2, 0.25) is 0 Å². The number of pyridine rings is 2. The van der Waals surface area contributed by atoms with Crippen LogP contribution < -0.4 is 5.32 Å². The molecule has 1 amide bonds. The molecular weight excluding hydrogens is 344 g/mol. The first-order chi connectivity index (χ1) is 12.8. The summed E-state index contributed by atoms with van der Waals surface area (Å²) in [4.78, 5) is 24.9. The lowest BCUT2D eigenvalue weighted by Gasteiger charge is -2.31. The summed E-state index contributed by atoms with van der Waals surface area (Å²) in [7, 11) is 0. The highest BCUT2D eigenvalue weighted by Crippen LogP contribution is 2.21. The van der Waals surface area contributed by atoms with Gasteiger partial charge in [-0.3, -0.25) is 19.7 Å². The molecule has 0 aromatic carbocycles. The van der Waals surface area contributed by atoms with E-state index in [0.29, 0.717) is 11.5 Å². The van der Waals surface area contributed by atoms with E-state index >= 15 is 0 Å². The maximum absolute atomic E-state index is 12.6. The molecule has 4 heterocycles. The van der Waals surface area contributed by atoms with Crippen LogP contribution in [0.4, 0.5) is 0 Å². The van der Waals surface area contributed by atoms with E-state index in [0.717, 1.165) is 49.9 Å².